The van der Waals surface area contributed by atoms with Crippen molar-refractivity contribution in [3.8, 4) is 0 Å². The lowest BCUT2D eigenvalue weighted by Crippen LogP contribution is -2.29. The fraction of sp³-hybridized carbons (Fsp3) is 0.333. The summed E-state index contributed by atoms with van der Waals surface area (Å²) in [5.41, 5.74) is 13.8. The smallest absolute Gasteiger partial charge is 0.0429 e. The fourth-order valence-corrected chi connectivity index (χ4v) is 3.27. The predicted octanol–water partition coefficient (Wildman–Crippen LogP) is 3.84. The van der Waals surface area contributed by atoms with E-state index in [1.165, 1.54) is 34.4 Å². The highest BCUT2D eigenvalue weighted by atomic mass is 15.1. The molecule has 0 bridgehead atoms. The molecular formula is C18H22N2. The van der Waals surface area contributed by atoms with Crippen molar-refractivity contribution in [3.05, 3.63) is 58.7 Å². The van der Waals surface area contributed by atoms with Crippen LogP contribution in [0.5, 0.6) is 0 Å². The molecule has 3 rings (SSSR count). The minimum atomic E-state index is 0.938. The third kappa shape index (κ3) is 2.51. The third-order valence-corrected chi connectivity index (χ3v) is 4.04. The average Bonchev–Trinajstić information content (AvgIpc) is 2.39. The molecule has 0 radical (unpaired) electrons. The minimum Gasteiger partial charge on any atom is -0.398 e. The summed E-state index contributed by atoms with van der Waals surface area (Å²) in [5, 5.41) is 0. The summed E-state index contributed by atoms with van der Waals surface area (Å²) in [5.74, 6) is 0. The standard InChI is InChI=1S/C18H22N2/c1-13-9-14(2)11-15(10-13)12-20-8-4-5-16-17(19)6-3-7-18(16)20/h3,6-7,9-11H,4-5,8,12,19H2,1-2H3. The number of anilines is 2. The number of fused-ring (bicyclic) bond motifs is 1. The first-order valence-electron chi connectivity index (χ1n) is 7.33. The molecule has 0 aliphatic carbocycles. The highest BCUT2D eigenvalue weighted by Gasteiger charge is 2.18. The quantitative estimate of drug-likeness (QED) is 0.837. The van der Waals surface area contributed by atoms with Gasteiger partial charge in [-0.15, -0.1) is 0 Å². The number of rotatable bonds is 2. The molecule has 104 valence electrons. The molecule has 0 spiro atoms. The van der Waals surface area contributed by atoms with Crippen LogP contribution >= 0.6 is 0 Å². The van der Waals surface area contributed by atoms with Gasteiger partial charge in [-0.05, 0) is 49.9 Å². The first-order chi connectivity index (χ1) is 9.63. The molecule has 1 aliphatic rings. The Morgan fingerprint density at radius 3 is 2.60 bits per heavy atom. The molecule has 0 unspecified atom stereocenters. The van der Waals surface area contributed by atoms with Crippen LogP contribution in [-0.4, -0.2) is 6.54 Å². The number of nitrogen functional groups attached to an aromatic ring is 1. The van der Waals surface area contributed by atoms with Crippen LogP contribution in [0.1, 0.15) is 28.7 Å². The van der Waals surface area contributed by atoms with Crippen molar-refractivity contribution in [2.24, 2.45) is 0 Å². The van der Waals surface area contributed by atoms with Gasteiger partial charge in [0.05, 0.1) is 0 Å². The van der Waals surface area contributed by atoms with Crippen molar-refractivity contribution < 1.29 is 0 Å². The summed E-state index contributed by atoms with van der Waals surface area (Å²) in [6.45, 7) is 6.42. The van der Waals surface area contributed by atoms with Crippen LogP contribution in [0.3, 0.4) is 0 Å². The Hall–Kier alpha value is -1.96. The van der Waals surface area contributed by atoms with Gasteiger partial charge >= 0.3 is 0 Å². The molecule has 1 heterocycles. The first-order valence-corrected chi connectivity index (χ1v) is 7.33. The molecule has 2 aromatic carbocycles. The zero-order chi connectivity index (χ0) is 14.1. The highest BCUT2D eigenvalue weighted by Crippen LogP contribution is 2.32. The second kappa shape index (κ2) is 5.20. The average molecular weight is 266 g/mol. The van der Waals surface area contributed by atoms with Crippen LogP contribution in [0.15, 0.2) is 36.4 Å². The summed E-state index contributed by atoms with van der Waals surface area (Å²) in [4.78, 5) is 2.46. The first kappa shape index (κ1) is 13.0. The summed E-state index contributed by atoms with van der Waals surface area (Å²) >= 11 is 0. The fourth-order valence-electron chi connectivity index (χ4n) is 3.27. The molecule has 2 heteroatoms. The van der Waals surface area contributed by atoms with Crippen LogP contribution in [0.4, 0.5) is 11.4 Å². The summed E-state index contributed by atoms with van der Waals surface area (Å²) in [6, 6.07) is 13.1. The van der Waals surface area contributed by atoms with Gasteiger partial charge in [-0.2, -0.15) is 0 Å². The van der Waals surface area contributed by atoms with E-state index in [0.717, 1.165) is 25.2 Å². The molecule has 2 aromatic rings. The SMILES string of the molecule is Cc1cc(C)cc(CN2CCCc3c(N)cccc32)c1. The topological polar surface area (TPSA) is 29.3 Å². The van der Waals surface area contributed by atoms with E-state index in [4.69, 9.17) is 5.73 Å². The molecular weight excluding hydrogens is 244 g/mol. The van der Waals surface area contributed by atoms with Crippen molar-refractivity contribution in [2.75, 3.05) is 17.2 Å². The van der Waals surface area contributed by atoms with Crippen molar-refractivity contribution in [2.45, 2.75) is 33.2 Å². The lowest BCUT2D eigenvalue weighted by molar-refractivity contribution is 0.692. The lowest BCUT2D eigenvalue weighted by atomic mass is 9.99. The molecule has 20 heavy (non-hydrogen) atoms. The van der Waals surface area contributed by atoms with E-state index < -0.39 is 0 Å². The molecule has 2 nitrogen and oxygen atoms in total. The number of hydrogen-bond acceptors (Lipinski definition) is 2. The molecule has 0 amide bonds. The van der Waals surface area contributed by atoms with E-state index in [-0.39, 0.29) is 0 Å². The molecule has 1 aliphatic heterocycles. The third-order valence-electron chi connectivity index (χ3n) is 4.04. The van der Waals surface area contributed by atoms with Gasteiger partial charge in [0.1, 0.15) is 0 Å². The normalized spacial score (nSPS) is 14.2. The summed E-state index contributed by atoms with van der Waals surface area (Å²) < 4.78 is 0. The second-order valence-corrected chi connectivity index (χ2v) is 5.87. The van der Waals surface area contributed by atoms with Gasteiger partial charge in [0, 0.05) is 24.5 Å². The maximum absolute atomic E-state index is 6.12. The van der Waals surface area contributed by atoms with Gasteiger partial charge < -0.3 is 10.6 Å². The maximum atomic E-state index is 6.12. The zero-order valence-corrected chi connectivity index (χ0v) is 12.3. The molecule has 0 saturated heterocycles. The number of nitrogens with zero attached hydrogens (tertiary/aromatic N) is 1. The second-order valence-electron chi connectivity index (χ2n) is 5.87. The van der Waals surface area contributed by atoms with Crippen LogP contribution in [-0.2, 0) is 13.0 Å². The number of hydrogen-bond donors (Lipinski definition) is 1. The van der Waals surface area contributed by atoms with E-state index >= 15 is 0 Å². The number of aryl methyl sites for hydroxylation is 2. The molecule has 0 atom stereocenters. The Morgan fingerprint density at radius 1 is 1.10 bits per heavy atom. The Balaban J connectivity index is 1.91. The van der Waals surface area contributed by atoms with Crippen molar-refractivity contribution in [1.82, 2.24) is 0 Å². The Kier molecular flexibility index (Phi) is 3.39. The lowest BCUT2D eigenvalue weighted by Gasteiger charge is -2.32. The van der Waals surface area contributed by atoms with E-state index in [1.807, 2.05) is 6.07 Å². The van der Waals surface area contributed by atoms with Crippen LogP contribution in [0.2, 0.25) is 0 Å². The monoisotopic (exact) mass is 266 g/mol. The molecule has 0 fully saturated rings. The van der Waals surface area contributed by atoms with Crippen molar-refractivity contribution in [1.29, 1.82) is 0 Å². The Labute approximate surface area is 121 Å². The zero-order valence-electron chi connectivity index (χ0n) is 12.3. The van der Waals surface area contributed by atoms with Crippen LogP contribution in [0.25, 0.3) is 0 Å². The Bertz CT molecular complexity index is 611. The largest absolute Gasteiger partial charge is 0.398 e. The predicted molar refractivity (Wildman–Crippen MR) is 86.1 cm³/mol. The maximum Gasteiger partial charge on any atom is 0.0429 e. The van der Waals surface area contributed by atoms with Gasteiger partial charge in [0.2, 0.25) is 0 Å². The minimum absolute atomic E-state index is 0.938. The van der Waals surface area contributed by atoms with Gasteiger partial charge in [-0.3, -0.25) is 0 Å². The molecule has 0 aromatic heterocycles. The van der Waals surface area contributed by atoms with Crippen molar-refractivity contribution >= 4 is 11.4 Å². The number of benzene rings is 2. The van der Waals surface area contributed by atoms with E-state index in [0.29, 0.717) is 0 Å². The van der Waals surface area contributed by atoms with E-state index in [2.05, 4.69) is 49.1 Å². The van der Waals surface area contributed by atoms with Crippen LogP contribution in [0, 0.1) is 13.8 Å². The van der Waals surface area contributed by atoms with E-state index in [1.54, 1.807) is 0 Å². The Morgan fingerprint density at radius 2 is 1.85 bits per heavy atom. The summed E-state index contributed by atoms with van der Waals surface area (Å²) in [7, 11) is 0. The summed E-state index contributed by atoms with van der Waals surface area (Å²) in [6.07, 6.45) is 2.29. The van der Waals surface area contributed by atoms with Gasteiger partial charge in [0.15, 0.2) is 0 Å². The van der Waals surface area contributed by atoms with Gasteiger partial charge in [0.25, 0.3) is 0 Å². The van der Waals surface area contributed by atoms with Gasteiger partial charge in [-0.25, -0.2) is 0 Å². The van der Waals surface area contributed by atoms with E-state index in [9.17, 15) is 0 Å². The van der Waals surface area contributed by atoms with Crippen LogP contribution < -0.4 is 10.6 Å². The highest BCUT2D eigenvalue weighted by molar-refractivity contribution is 5.66. The van der Waals surface area contributed by atoms with Gasteiger partial charge in [-0.1, -0.05) is 35.4 Å². The molecule has 2 N–H and O–H groups in total. The number of nitrogens with two attached hydrogens (primary N) is 1. The molecule has 0 saturated carbocycles. The van der Waals surface area contributed by atoms with Crippen molar-refractivity contribution in [3.63, 3.8) is 0 Å².